The number of amides is 1. The molecule has 2 heterocycles. The maximum absolute atomic E-state index is 13.8. The molecule has 2 bridgehead atoms. The fourth-order valence-electron chi connectivity index (χ4n) is 4.41. The van der Waals surface area contributed by atoms with Gasteiger partial charge in [-0.25, -0.2) is 4.39 Å². The summed E-state index contributed by atoms with van der Waals surface area (Å²) in [7, 11) is 0. The average Bonchev–Trinajstić information content (AvgIpc) is 3.23. The van der Waals surface area contributed by atoms with Crippen LogP contribution in [0.1, 0.15) is 29.0 Å². The summed E-state index contributed by atoms with van der Waals surface area (Å²) < 4.78 is 97.1. The lowest BCUT2D eigenvalue weighted by Gasteiger charge is -2.30. The molecule has 32 heavy (non-hydrogen) atoms. The number of aliphatic hydroxyl groups is 1. The number of rotatable bonds is 3. The van der Waals surface area contributed by atoms with Gasteiger partial charge in [-0.05, 0) is 29.8 Å². The molecule has 0 aliphatic carbocycles. The van der Waals surface area contributed by atoms with Crippen LogP contribution in [0.15, 0.2) is 42.5 Å². The van der Waals surface area contributed by atoms with Crippen LogP contribution in [0.4, 0.5) is 36.4 Å². The maximum atomic E-state index is 13.8. The highest BCUT2D eigenvalue weighted by Gasteiger charge is 2.57. The molecule has 2 aromatic carbocycles. The van der Waals surface area contributed by atoms with Crippen molar-refractivity contribution in [2.75, 3.05) is 5.32 Å². The molecule has 0 radical (unpaired) electrons. The molecule has 11 heteroatoms. The Morgan fingerprint density at radius 3 is 2.38 bits per heavy atom. The summed E-state index contributed by atoms with van der Waals surface area (Å²) in [6.45, 7) is 0. The van der Waals surface area contributed by atoms with Crippen LogP contribution < -0.4 is 5.32 Å². The Balaban J connectivity index is 1.62. The minimum Gasteiger partial charge on any atom is -0.390 e. The molecule has 0 aromatic heterocycles. The Bertz CT molecular complexity index is 1040. The molecule has 0 saturated carbocycles. The highest BCUT2D eigenvalue weighted by Crippen LogP contribution is 2.50. The number of carbonyl (C=O) groups excluding carboxylic acids is 1. The Hall–Kier alpha value is -2.66. The maximum Gasteiger partial charge on any atom is 0.419 e. The molecule has 4 rings (SSSR count). The fraction of sp³-hybridized carbons (Fsp3) is 0.381. The van der Waals surface area contributed by atoms with Crippen molar-refractivity contribution in [3.05, 3.63) is 65.0 Å². The smallest absolute Gasteiger partial charge is 0.390 e. The van der Waals surface area contributed by atoms with E-state index in [0.29, 0.717) is 12.1 Å². The predicted octanol–water partition coefficient (Wildman–Crippen LogP) is 4.73. The molecule has 2 fully saturated rings. The van der Waals surface area contributed by atoms with Gasteiger partial charge in [0.1, 0.15) is 5.82 Å². The molecule has 2 saturated heterocycles. The van der Waals surface area contributed by atoms with E-state index in [9.17, 15) is 40.6 Å². The molecule has 172 valence electrons. The van der Waals surface area contributed by atoms with Gasteiger partial charge in [-0.1, -0.05) is 18.2 Å². The van der Waals surface area contributed by atoms with Crippen molar-refractivity contribution in [1.82, 2.24) is 0 Å². The van der Waals surface area contributed by atoms with Gasteiger partial charge in [0, 0.05) is 18.0 Å². The Morgan fingerprint density at radius 1 is 1.03 bits per heavy atom. The summed E-state index contributed by atoms with van der Waals surface area (Å²) in [6, 6.07) is 6.18. The first-order chi connectivity index (χ1) is 14.9. The summed E-state index contributed by atoms with van der Waals surface area (Å²) in [6.07, 6.45) is -12.2. The molecule has 2 aromatic rings. The summed E-state index contributed by atoms with van der Waals surface area (Å²) in [5, 5.41) is 12.5. The van der Waals surface area contributed by atoms with Gasteiger partial charge in [-0.2, -0.15) is 26.3 Å². The van der Waals surface area contributed by atoms with Gasteiger partial charge in [0.2, 0.25) is 5.91 Å². The predicted molar refractivity (Wildman–Crippen MR) is 97.0 cm³/mol. The van der Waals surface area contributed by atoms with Crippen LogP contribution in [-0.4, -0.2) is 29.3 Å². The number of ether oxygens (including phenoxy) is 1. The SMILES string of the molecule is O=C(Nc1ccc(C(F)(F)F)c(F)c1)[C@@H]1[C@@H](c2cccc(C(F)(F)F)c2)[C@H]2O[C@@H]1C[C@@H]2O. The van der Waals surface area contributed by atoms with Gasteiger partial charge < -0.3 is 15.2 Å². The second-order valence-corrected chi connectivity index (χ2v) is 7.80. The highest BCUT2D eigenvalue weighted by molar-refractivity contribution is 5.94. The molecule has 5 atom stereocenters. The van der Waals surface area contributed by atoms with Crippen molar-refractivity contribution >= 4 is 11.6 Å². The van der Waals surface area contributed by atoms with Crippen molar-refractivity contribution in [2.24, 2.45) is 5.92 Å². The van der Waals surface area contributed by atoms with Crippen molar-refractivity contribution in [2.45, 2.75) is 43.0 Å². The monoisotopic (exact) mass is 463 g/mol. The van der Waals surface area contributed by atoms with Gasteiger partial charge in [-0.3, -0.25) is 4.79 Å². The van der Waals surface area contributed by atoms with Crippen LogP contribution in [-0.2, 0) is 21.9 Å². The van der Waals surface area contributed by atoms with Crippen LogP contribution in [0.3, 0.4) is 0 Å². The lowest BCUT2D eigenvalue weighted by Crippen LogP contribution is -2.41. The Labute approximate surface area is 177 Å². The van der Waals surface area contributed by atoms with E-state index < -0.39 is 65.4 Å². The number of nitrogens with one attached hydrogen (secondary N) is 1. The molecule has 2 aliphatic heterocycles. The number of halogens is 7. The van der Waals surface area contributed by atoms with Gasteiger partial charge >= 0.3 is 12.4 Å². The van der Waals surface area contributed by atoms with E-state index in [1.54, 1.807) is 0 Å². The average molecular weight is 463 g/mol. The summed E-state index contributed by atoms with van der Waals surface area (Å²) in [4.78, 5) is 12.9. The number of benzene rings is 2. The summed E-state index contributed by atoms with van der Waals surface area (Å²) in [5.74, 6) is -4.29. The minimum absolute atomic E-state index is 0.0690. The second-order valence-electron chi connectivity index (χ2n) is 7.80. The molecule has 2 aliphatic rings. The lowest BCUT2D eigenvalue weighted by atomic mass is 9.73. The van der Waals surface area contributed by atoms with E-state index in [4.69, 9.17) is 4.74 Å². The second kappa shape index (κ2) is 7.73. The van der Waals surface area contributed by atoms with Crippen LogP contribution in [0, 0.1) is 11.7 Å². The topological polar surface area (TPSA) is 58.6 Å². The largest absolute Gasteiger partial charge is 0.419 e. The minimum atomic E-state index is -4.91. The molecule has 1 amide bonds. The van der Waals surface area contributed by atoms with Gasteiger partial charge in [0.15, 0.2) is 0 Å². The van der Waals surface area contributed by atoms with Crippen LogP contribution in [0.5, 0.6) is 0 Å². The van der Waals surface area contributed by atoms with Gasteiger partial charge in [-0.15, -0.1) is 0 Å². The highest BCUT2D eigenvalue weighted by atomic mass is 19.4. The van der Waals surface area contributed by atoms with E-state index in [0.717, 1.165) is 18.2 Å². The third kappa shape index (κ3) is 4.06. The van der Waals surface area contributed by atoms with Crippen LogP contribution in [0.2, 0.25) is 0 Å². The number of aliphatic hydroxyl groups excluding tert-OH is 1. The first kappa shape index (κ1) is 22.5. The number of hydrogen-bond donors (Lipinski definition) is 2. The third-order valence-corrected chi connectivity index (χ3v) is 5.77. The van der Waals surface area contributed by atoms with Crippen LogP contribution in [0.25, 0.3) is 0 Å². The number of carbonyl (C=O) groups is 1. The Morgan fingerprint density at radius 2 is 1.75 bits per heavy atom. The van der Waals surface area contributed by atoms with E-state index in [1.165, 1.54) is 12.1 Å². The normalized spacial score (nSPS) is 27.6. The standard InChI is InChI=1S/C21H16F7NO3/c22-13-7-11(4-5-12(13)21(26,27)28)29-19(31)17-15-8-14(30)18(32-15)16(17)9-2-1-3-10(6-9)20(23,24)25/h1-7,14-18,30H,8H2,(H,29,31)/t14-,15+,16+,17-,18-/m0/s1. The van der Waals surface area contributed by atoms with Crippen molar-refractivity contribution in [1.29, 1.82) is 0 Å². The molecular weight excluding hydrogens is 447 g/mol. The van der Waals surface area contributed by atoms with Gasteiger partial charge in [0.25, 0.3) is 0 Å². The molecular formula is C21H16F7NO3. The molecule has 0 spiro atoms. The van der Waals surface area contributed by atoms with Crippen molar-refractivity contribution in [3.8, 4) is 0 Å². The fourth-order valence-corrected chi connectivity index (χ4v) is 4.41. The number of fused-ring (bicyclic) bond motifs is 2. The van der Waals surface area contributed by atoms with E-state index in [-0.39, 0.29) is 17.7 Å². The lowest BCUT2D eigenvalue weighted by molar-refractivity contribution is -0.140. The molecule has 4 nitrogen and oxygen atoms in total. The van der Waals surface area contributed by atoms with E-state index in [2.05, 4.69) is 5.32 Å². The first-order valence-corrected chi connectivity index (χ1v) is 9.54. The van der Waals surface area contributed by atoms with E-state index in [1.807, 2.05) is 0 Å². The number of alkyl halides is 6. The van der Waals surface area contributed by atoms with Crippen molar-refractivity contribution in [3.63, 3.8) is 0 Å². The first-order valence-electron chi connectivity index (χ1n) is 9.54. The third-order valence-electron chi connectivity index (χ3n) is 5.77. The zero-order valence-corrected chi connectivity index (χ0v) is 16.0. The zero-order valence-electron chi connectivity index (χ0n) is 16.0. The molecule has 0 unspecified atom stereocenters. The van der Waals surface area contributed by atoms with E-state index >= 15 is 0 Å². The summed E-state index contributed by atoms with van der Waals surface area (Å²) >= 11 is 0. The number of anilines is 1. The van der Waals surface area contributed by atoms with Crippen molar-refractivity contribution < 1.29 is 45.4 Å². The Kier molecular flexibility index (Phi) is 5.44. The van der Waals surface area contributed by atoms with Gasteiger partial charge in [0.05, 0.1) is 35.4 Å². The zero-order chi connectivity index (χ0) is 23.4. The quantitative estimate of drug-likeness (QED) is 0.647. The summed E-state index contributed by atoms with van der Waals surface area (Å²) in [5.41, 5.74) is -2.55. The molecule has 2 N–H and O–H groups in total. The number of hydrogen-bond acceptors (Lipinski definition) is 3. The van der Waals surface area contributed by atoms with Crippen LogP contribution >= 0.6 is 0 Å².